The molecule has 31 heavy (non-hydrogen) atoms. The van der Waals surface area contributed by atoms with Crippen LogP contribution in [0.25, 0.3) is 16.9 Å². The number of hydrogen-bond acceptors (Lipinski definition) is 4. The first-order valence-electron chi connectivity index (χ1n) is 10.9. The van der Waals surface area contributed by atoms with E-state index in [1.165, 1.54) is 0 Å². The Morgan fingerprint density at radius 1 is 1.19 bits per heavy atom. The average molecular weight is 419 g/mol. The lowest BCUT2D eigenvalue weighted by Gasteiger charge is -2.29. The molecule has 1 aliphatic heterocycles. The zero-order valence-corrected chi connectivity index (χ0v) is 18.4. The summed E-state index contributed by atoms with van der Waals surface area (Å²) in [5.41, 5.74) is 4.15. The fraction of sp³-hybridized carbons (Fsp3) is 0.360. The molecule has 6 heteroatoms. The maximum Gasteiger partial charge on any atom is 0.220 e. The summed E-state index contributed by atoms with van der Waals surface area (Å²) in [6.07, 6.45) is 3.64. The van der Waals surface area contributed by atoms with Crippen LogP contribution in [0.4, 0.5) is 0 Å². The van der Waals surface area contributed by atoms with Crippen LogP contribution in [0.3, 0.4) is 0 Å². The number of carbonyl (C=O) groups excluding carboxylic acids is 1. The summed E-state index contributed by atoms with van der Waals surface area (Å²) in [5.74, 6) is 0.967. The van der Waals surface area contributed by atoms with Crippen molar-refractivity contribution in [2.24, 2.45) is 0 Å². The van der Waals surface area contributed by atoms with Crippen LogP contribution < -0.4 is 10.1 Å². The summed E-state index contributed by atoms with van der Waals surface area (Å²) in [7, 11) is 1.68. The van der Waals surface area contributed by atoms with Crippen molar-refractivity contribution in [1.82, 2.24) is 20.0 Å². The Labute approximate surface area is 183 Å². The van der Waals surface area contributed by atoms with Crippen LogP contribution in [0.2, 0.25) is 0 Å². The lowest BCUT2D eigenvalue weighted by Crippen LogP contribution is -2.41. The van der Waals surface area contributed by atoms with Gasteiger partial charge in [-0.1, -0.05) is 30.3 Å². The molecule has 1 atom stereocenters. The van der Waals surface area contributed by atoms with Crippen LogP contribution in [0, 0.1) is 0 Å². The molecule has 1 fully saturated rings. The molecule has 1 aromatic heterocycles. The molecule has 1 saturated heterocycles. The molecule has 0 bridgehead atoms. The quantitative estimate of drug-likeness (QED) is 0.600. The van der Waals surface area contributed by atoms with Crippen LogP contribution >= 0.6 is 0 Å². The van der Waals surface area contributed by atoms with E-state index in [9.17, 15) is 4.79 Å². The first kappa shape index (κ1) is 21.1. The second-order valence-corrected chi connectivity index (χ2v) is 8.34. The summed E-state index contributed by atoms with van der Waals surface area (Å²) in [6.45, 7) is 5.98. The largest absolute Gasteiger partial charge is 0.497 e. The third-order valence-electron chi connectivity index (χ3n) is 5.80. The molecule has 0 aliphatic carbocycles. The molecule has 0 radical (unpaired) electrons. The zero-order valence-electron chi connectivity index (χ0n) is 18.4. The van der Waals surface area contributed by atoms with Crippen molar-refractivity contribution in [3.8, 4) is 22.7 Å². The molecule has 4 rings (SSSR count). The van der Waals surface area contributed by atoms with E-state index in [-0.39, 0.29) is 11.9 Å². The molecule has 0 spiro atoms. The Morgan fingerprint density at radius 2 is 2.00 bits per heavy atom. The van der Waals surface area contributed by atoms with E-state index in [0.29, 0.717) is 12.5 Å². The lowest BCUT2D eigenvalue weighted by atomic mass is 10.1. The van der Waals surface area contributed by atoms with Crippen molar-refractivity contribution in [2.45, 2.75) is 45.3 Å². The van der Waals surface area contributed by atoms with Gasteiger partial charge in [0.2, 0.25) is 5.91 Å². The number of amides is 1. The minimum atomic E-state index is 0.155. The Morgan fingerprint density at radius 3 is 2.68 bits per heavy atom. The van der Waals surface area contributed by atoms with Crippen molar-refractivity contribution >= 4 is 5.91 Å². The Bertz CT molecular complexity index is 1030. The van der Waals surface area contributed by atoms with Crippen molar-refractivity contribution < 1.29 is 9.53 Å². The second kappa shape index (κ2) is 9.35. The topological polar surface area (TPSA) is 59.4 Å². The van der Waals surface area contributed by atoms with Gasteiger partial charge in [-0.05, 0) is 44.5 Å². The fourth-order valence-corrected chi connectivity index (χ4v) is 4.03. The van der Waals surface area contributed by atoms with Crippen LogP contribution in [0.5, 0.6) is 5.75 Å². The highest BCUT2D eigenvalue weighted by Gasteiger charge is 2.25. The highest BCUT2D eigenvalue weighted by molar-refractivity contribution is 5.78. The molecular formula is C25H30N4O2. The van der Waals surface area contributed by atoms with E-state index in [2.05, 4.69) is 48.5 Å². The second-order valence-electron chi connectivity index (χ2n) is 8.34. The van der Waals surface area contributed by atoms with Crippen molar-refractivity contribution in [3.05, 3.63) is 66.4 Å². The Hall–Kier alpha value is -3.12. The van der Waals surface area contributed by atoms with Gasteiger partial charge in [-0.3, -0.25) is 9.69 Å². The lowest BCUT2D eigenvalue weighted by molar-refractivity contribution is -0.119. The van der Waals surface area contributed by atoms with E-state index >= 15 is 0 Å². The third kappa shape index (κ3) is 4.97. The highest BCUT2D eigenvalue weighted by atomic mass is 16.5. The zero-order chi connectivity index (χ0) is 21.8. The molecule has 2 aromatic carbocycles. The monoisotopic (exact) mass is 418 g/mol. The van der Waals surface area contributed by atoms with Crippen LogP contribution in [-0.4, -0.2) is 46.3 Å². The molecule has 6 nitrogen and oxygen atoms in total. The summed E-state index contributed by atoms with van der Waals surface area (Å²) in [4.78, 5) is 14.1. The van der Waals surface area contributed by atoms with Gasteiger partial charge in [-0.15, -0.1) is 0 Å². The molecule has 1 N–H and O–H groups in total. The predicted octanol–water partition coefficient (Wildman–Crippen LogP) is 4.04. The molecule has 3 aromatic rings. The summed E-state index contributed by atoms with van der Waals surface area (Å²) in [5, 5.41) is 8.05. The average Bonchev–Trinajstić information content (AvgIpc) is 3.40. The molecule has 162 valence electrons. The maximum atomic E-state index is 11.7. The number of para-hydroxylation sites is 1. The van der Waals surface area contributed by atoms with Gasteiger partial charge >= 0.3 is 0 Å². The van der Waals surface area contributed by atoms with Gasteiger partial charge in [0.1, 0.15) is 5.75 Å². The van der Waals surface area contributed by atoms with E-state index < -0.39 is 0 Å². The number of nitrogens with one attached hydrogen (secondary N) is 1. The van der Waals surface area contributed by atoms with E-state index in [1.54, 1.807) is 7.11 Å². The van der Waals surface area contributed by atoms with Crippen LogP contribution in [-0.2, 0) is 11.3 Å². The maximum absolute atomic E-state index is 11.7. The minimum absolute atomic E-state index is 0.155. The number of aromatic nitrogens is 2. The van der Waals surface area contributed by atoms with Gasteiger partial charge in [0, 0.05) is 48.9 Å². The third-order valence-corrected chi connectivity index (χ3v) is 5.80. The summed E-state index contributed by atoms with van der Waals surface area (Å²) < 4.78 is 7.38. The predicted molar refractivity (Wildman–Crippen MR) is 122 cm³/mol. The van der Waals surface area contributed by atoms with Crippen molar-refractivity contribution in [1.29, 1.82) is 0 Å². The van der Waals surface area contributed by atoms with Crippen LogP contribution in [0.1, 0.15) is 32.3 Å². The molecule has 2 heterocycles. The number of ether oxygens (including phenoxy) is 1. The van der Waals surface area contributed by atoms with E-state index in [4.69, 9.17) is 9.84 Å². The molecule has 0 saturated carbocycles. The summed E-state index contributed by atoms with van der Waals surface area (Å²) >= 11 is 0. The summed E-state index contributed by atoms with van der Waals surface area (Å²) in [6, 6.07) is 18.7. The van der Waals surface area contributed by atoms with E-state index in [1.807, 2.05) is 41.1 Å². The van der Waals surface area contributed by atoms with Gasteiger partial charge in [0.05, 0.1) is 18.5 Å². The van der Waals surface area contributed by atoms with Crippen molar-refractivity contribution in [2.75, 3.05) is 13.7 Å². The SMILES string of the molecule is COc1cccc(-c2nn(-c3ccccc3)cc2CN(CC2CCC(=O)N2)C(C)C)c1. The molecular weight excluding hydrogens is 388 g/mol. The number of nitrogens with zero attached hydrogens (tertiary/aromatic N) is 3. The number of benzene rings is 2. The standard InChI is InChI=1S/C25H30N4O2/c1-18(2)28(17-21-12-13-24(30)26-21)15-20-16-29(22-9-5-4-6-10-22)27-25(20)19-8-7-11-23(14-19)31-3/h4-11,14,16,18,21H,12-13,15,17H2,1-3H3,(H,26,30). The normalized spacial score (nSPS) is 16.2. The fourth-order valence-electron chi connectivity index (χ4n) is 4.03. The molecule has 1 aliphatic rings. The molecule has 1 unspecified atom stereocenters. The van der Waals surface area contributed by atoms with E-state index in [0.717, 1.165) is 47.8 Å². The number of rotatable bonds is 8. The number of methoxy groups -OCH3 is 1. The van der Waals surface area contributed by atoms with Gasteiger partial charge in [-0.25, -0.2) is 4.68 Å². The van der Waals surface area contributed by atoms with Gasteiger partial charge in [-0.2, -0.15) is 5.10 Å². The smallest absolute Gasteiger partial charge is 0.220 e. The molecule has 1 amide bonds. The Balaban J connectivity index is 1.68. The number of hydrogen-bond donors (Lipinski definition) is 1. The van der Waals surface area contributed by atoms with Gasteiger partial charge < -0.3 is 10.1 Å². The first-order chi connectivity index (χ1) is 15.0. The number of carbonyl (C=O) groups is 1. The van der Waals surface area contributed by atoms with Gasteiger partial charge in [0.15, 0.2) is 0 Å². The van der Waals surface area contributed by atoms with Crippen LogP contribution in [0.15, 0.2) is 60.8 Å². The first-order valence-corrected chi connectivity index (χ1v) is 10.9. The minimum Gasteiger partial charge on any atom is -0.497 e. The van der Waals surface area contributed by atoms with Gasteiger partial charge in [0.25, 0.3) is 0 Å². The Kier molecular flexibility index (Phi) is 6.37. The van der Waals surface area contributed by atoms with Crippen molar-refractivity contribution in [3.63, 3.8) is 0 Å². The highest BCUT2D eigenvalue weighted by Crippen LogP contribution is 2.28.